The Bertz CT molecular complexity index is 788. The van der Waals surface area contributed by atoms with Crippen molar-refractivity contribution in [3.63, 3.8) is 0 Å². The van der Waals surface area contributed by atoms with Crippen LogP contribution in [0.1, 0.15) is 0 Å². The molecule has 0 amide bonds. The number of nitrogens with zero attached hydrogens (tertiary/aromatic N) is 1. The fourth-order valence-corrected chi connectivity index (χ4v) is 2.28. The smallest absolute Gasteiger partial charge is 0.171 e. The van der Waals surface area contributed by atoms with Gasteiger partial charge in [-0.05, 0) is 18.2 Å². The maximum atomic E-state index is 13.9. The highest BCUT2D eigenvalue weighted by Crippen LogP contribution is 2.36. The molecule has 4 nitrogen and oxygen atoms in total. The van der Waals surface area contributed by atoms with Crippen molar-refractivity contribution < 1.29 is 13.7 Å². The lowest BCUT2D eigenvalue weighted by molar-refractivity contribution is 0.328. The molecule has 6 heteroatoms. The highest BCUT2D eigenvalue weighted by atomic mass is 35.5. The monoisotopic (exact) mass is 306 g/mol. The van der Waals surface area contributed by atoms with E-state index in [9.17, 15) is 4.39 Å². The second-order valence-corrected chi connectivity index (χ2v) is 4.83. The number of hydrogen-bond acceptors (Lipinski definition) is 4. The molecule has 0 aliphatic heterocycles. The summed E-state index contributed by atoms with van der Waals surface area (Å²) in [6.45, 7) is 0.727. The zero-order valence-electron chi connectivity index (χ0n) is 11.0. The molecule has 0 radical (unpaired) electrons. The summed E-state index contributed by atoms with van der Waals surface area (Å²) in [7, 11) is 0. The number of halogens is 2. The molecule has 108 valence electrons. The minimum absolute atomic E-state index is 0.347. The molecular weight excluding hydrogens is 295 g/mol. The van der Waals surface area contributed by atoms with Crippen LogP contribution in [0.25, 0.3) is 22.2 Å². The molecular formula is C15H12ClFN2O2. The van der Waals surface area contributed by atoms with Gasteiger partial charge in [0.15, 0.2) is 5.58 Å². The molecule has 1 aromatic heterocycles. The highest BCUT2D eigenvalue weighted by molar-refractivity contribution is 6.33. The highest BCUT2D eigenvalue weighted by Gasteiger charge is 2.16. The number of hydrogen-bond donors (Lipinski definition) is 1. The Kier molecular flexibility index (Phi) is 3.77. The van der Waals surface area contributed by atoms with Gasteiger partial charge in [0.05, 0.1) is 10.4 Å². The number of aromatic nitrogens is 1. The van der Waals surface area contributed by atoms with Gasteiger partial charge >= 0.3 is 0 Å². The first-order valence-corrected chi connectivity index (χ1v) is 6.75. The molecule has 3 rings (SSSR count). The van der Waals surface area contributed by atoms with Crippen molar-refractivity contribution in [2.75, 3.05) is 13.2 Å². The summed E-state index contributed by atoms with van der Waals surface area (Å²) in [5.74, 6) is 0.0955. The molecule has 1 heterocycles. The number of benzene rings is 2. The summed E-state index contributed by atoms with van der Waals surface area (Å²) in [6.07, 6.45) is 0. The third-order valence-corrected chi connectivity index (χ3v) is 3.32. The average molecular weight is 307 g/mol. The minimum Gasteiger partial charge on any atom is -0.491 e. The van der Waals surface area contributed by atoms with Crippen LogP contribution < -0.4 is 10.5 Å². The molecule has 0 atom stereocenters. The molecule has 21 heavy (non-hydrogen) atoms. The van der Waals surface area contributed by atoms with E-state index in [1.54, 1.807) is 30.3 Å². The maximum Gasteiger partial charge on any atom is 0.171 e. The van der Waals surface area contributed by atoms with Crippen LogP contribution >= 0.6 is 11.6 Å². The first-order chi connectivity index (χ1) is 10.2. The fraction of sp³-hybridized carbons (Fsp3) is 0.133. The fourth-order valence-electron chi connectivity index (χ4n) is 2.07. The molecule has 2 aromatic carbocycles. The van der Waals surface area contributed by atoms with Crippen molar-refractivity contribution in [2.45, 2.75) is 0 Å². The summed E-state index contributed by atoms with van der Waals surface area (Å²) < 4.78 is 24.5. The van der Waals surface area contributed by atoms with Gasteiger partial charge in [0.1, 0.15) is 23.9 Å². The topological polar surface area (TPSA) is 61.3 Å². The van der Waals surface area contributed by atoms with Gasteiger partial charge in [-0.15, -0.1) is 0 Å². The Morgan fingerprint density at radius 3 is 2.86 bits per heavy atom. The minimum atomic E-state index is -0.368. The molecule has 0 aliphatic rings. The Morgan fingerprint density at radius 1 is 1.29 bits per heavy atom. The predicted molar refractivity (Wildman–Crippen MR) is 79.0 cm³/mol. The lowest BCUT2D eigenvalue weighted by Gasteiger charge is -2.06. The summed E-state index contributed by atoms with van der Waals surface area (Å²) in [4.78, 5) is 0. The Balaban J connectivity index is 2.11. The summed E-state index contributed by atoms with van der Waals surface area (Å²) in [5.41, 5.74) is 6.64. The van der Waals surface area contributed by atoms with Crippen molar-refractivity contribution in [2.24, 2.45) is 5.73 Å². The standard InChI is InChI=1S/C15H12ClFN2O2/c16-11-7-10-13(8-14(11)20-6-5-18)21-19-15(10)9-3-1-2-4-12(9)17/h1-4,7-8H,5-6,18H2. The summed E-state index contributed by atoms with van der Waals surface area (Å²) >= 11 is 6.17. The van der Waals surface area contributed by atoms with E-state index in [0.29, 0.717) is 46.2 Å². The van der Waals surface area contributed by atoms with E-state index in [4.69, 9.17) is 26.6 Å². The molecule has 0 fully saturated rings. The van der Waals surface area contributed by atoms with Crippen LogP contribution in [0.15, 0.2) is 40.9 Å². The first-order valence-electron chi connectivity index (χ1n) is 6.37. The van der Waals surface area contributed by atoms with Gasteiger partial charge in [-0.25, -0.2) is 4.39 Å². The van der Waals surface area contributed by atoms with Crippen LogP contribution in [0, 0.1) is 5.82 Å². The molecule has 0 spiro atoms. The molecule has 0 unspecified atom stereocenters. The van der Waals surface area contributed by atoms with Gasteiger partial charge < -0.3 is 15.0 Å². The first kappa shape index (κ1) is 13.9. The van der Waals surface area contributed by atoms with Crippen LogP contribution in [0.3, 0.4) is 0 Å². The van der Waals surface area contributed by atoms with E-state index < -0.39 is 0 Å². The molecule has 0 bridgehead atoms. The number of nitrogens with two attached hydrogens (primary N) is 1. The third-order valence-electron chi connectivity index (χ3n) is 3.03. The van der Waals surface area contributed by atoms with Gasteiger partial charge in [0, 0.05) is 18.2 Å². The predicted octanol–water partition coefficient (Wildman–Crippen LogP) is 3.62. The van der Waals surface area contributed by atoms with Crippen molar-refractivity contribution in [3.05, 3.63) is 47.2 Å². The van der Waals surface area contributed by atoms with E-state index in [0.717, 1.165) is 0 Å². The molecule has 3 aromatic rings. The van der Waals surface area contributed by atoms with Crippen molar-refractivity contribution >= 4 is 22.6 Å². The number of ether oxygens (including phenoxy) is 1. The van der Waals surface area contributed by atoms with Gasteiger partial charge in [-0.2, -0.15) is 0 Å². The molecule has 0 aliphatic carbocycles. The zero-order valence-corrected chi connectivity index (χ0v) is 11.7. The normalized spacial score (nSPS) is 11.0. The summed E-state index contributed by atoms with van der Waals surface area (Å²) in [5, 5.41) is 4.96. The Labute approximate surface area is 125 Å². The van der Waals surface area contributed by atoms with Crippen LogP contribution in [-0.4, -0.2) is 18.3 Å². The van der Waals surface area contributed by atoms with E-state index in [2.05, 4.69) is 5.16 Å². The van der Waals surface area contributed by atoms with E-state index >= 15 is 0 Å². The van der Waals surface area contributed by atoms with Crippen molar-refractivity contribution in [1.29, 1.82) is 0 Å². The largest absolute Gasteiger partial charge is 0.491 e. The molecule has 0 saturated heterocycles. The lowest BCUT2D eigenvalue weighted by atomic mass is 10.1. The van der Waals surface area contributed by atoms with Crippen molar-refractivity contribution in [3.8, 4) is 17.0 Å². The van der Waals surface area contributed by atoms with Gasteiger partial charge in [-0.3, -0.25) is 0 Å². The third kappa shape index (κ3) is 2.57. The second-order valence-electron chi connectivity index (χ2n) is 4.43. The Morgan fingerprint density at radius 2 is 2.10 bits per heavy atom. The van der Waals surface area contributed by atoms with E-state index in [-0.39, 0.29) is 5.82 Å². The SMILES string of the molecule is NCCOc1cc2onc(-c3ccccc3F)c2cc1Cl. The summed E-state index contributed by atoms with van der Waals surface area (Å²) in [6, 6.07) is 9.65. The van der Waals surface area contributed by atoms with E-state index in [1.807, 2.05) is 0 Å². The quantitative estimate of drug-likeness (QED) is 0.799. The van der Waals surface area contributed by atoms with Crippen LogP contribution in [-0.2, 0) is 0 Å². The number of fused-ring (bicyclic) bond motifs is 1. The number of rotatable bonds is 4. The van der Waals surface area contributed by atoms with Gasteiger partial charge in [0.25, 0.3) is 0 Å². The zero-order chi connectivity index (χ0) is 14.8. The lowest BCUT2D eigenvalue weighted by Crippen LogP contribution is -2.10. The van der Waals surface area contributed by atoms with Gasteiger partial charge in [-0.1, -0.05) is 28.9 Å². The van der Waals surface area contributed by atoms with Gasteiger partial charge in [0.2, 0.25) is 0 Å². The maximum absolute atomic E-state index is 13.9. The molecule has 2 N–H and O–H groups in total. The van der Waals surface area contributed by atoms with Crippen LogP contribution in [0.2, 0.25) is 5.02 Å². The van der Waals surface area contributed by atoms with E-state index in [1.165, 1.54) is 6.07 Å². The molecule has 0 saturated carbocycles. The second kappa shape index (κ2) is 5.71. The van der Waals surface area contributed by atoms with Crippen LogP contribution in [0.5, 0.6) is 5.75 Å². The van der Waals surface area contributed by atoms with Crippen molar-refractivity contribution in [1.82, 2.24) is 5.16 Å². The van der Waals surface area contributed by atoms with Crippen LogP contribution in [0.4, 0.5) is 4.39 Å². The average Bonchev–Trinajstić information content (AvgIpc) is 2.88. The Hall–Kier alpha value is -2.11.